The van der Waals surface area contributed by atoms with Gasteiger partial charge in [0.1, 0.15) is 0 Å². The molecule has 0 rings (SSSR count). The van der Waals surface area contributed by atoms with Gasteiger partial charge in [0.2, 0.25) is 0 Å². The zero-order valence-electron chi connectivity index (χ0n) is 9.93. The van der Waals surface area contributed by atoms with E-state index in [1.807, 2.05) is 0 Å². The Kier molecular flexibility index (Phi) is 7.29. The minimum atomic E-state index is 0.607. The van der Waals surface area contributed by atoms with Crippen molar-refractivity contribution in [2.45, 2.75) is 53.1 Å². The van der Waals surface area contributed by atoms with Crippen LogP contribution in [0.3, 0.4) is 0 Å². The summed E-state index contributed by atoms with van der Waals surface area (Å²) in [6, 6.07) is 1.33. The first-order valence-corrected chi connectivity index (χ1v) is 5.59. The smallest absolute Gasteiger partial charge is 0.0110 e. The Balaban J connectivity index is 3.59. The number of nitrogens with zero attached hydrogens (tertiary/aromatic N) is 1. The largest absolute Gasteiger partial charge is 0.313 e. The highest BCUT2D eigenvalue weighted by Crippen LogP contribution is 2.01. The molecule has 0 spiro atoms. The van der Waals surface area contributed by atoms with Crippen LogP contribution in [0.5, 0.6) is 0 Å². The van der Waals surface area contributed by atoms with Crippen LogP contribution in [0.1, 0.15) is 41.0 Å². The van der Waals surface area contributed by atoms with Gasteiger partial charge in [-0.1, -0.05) is 27.7 Å². The summed E-state index contributed by atoms with van der Waals surface area (Å²) < 4.78 is 0. The Bertz CT molecular complexity index is 113. The lowest BCUT2D eigenvalue weighted by Gasteiger charge is -2.27. The van der Waals surface area contributed by atoms with Crippen molar-refractivity contribution >= 4 is 0 Å². The molecule has 0 bridgehead atoms. The van der Waals surface area contributed by atoms with Crippen molar-refractivity contribution in [3.05, 3.63) is 0 Å². The van der Waals surface area contributed by atoms with Crippen molar-refractivity contribution in [1.82, 2.24) is 10.2 Å². The number of rotatable bonds is 7. The van der Waals surface area contributed by atoms with E-state index in [1.165, 1.54) is 13.0 Å². The average molecular weight is 186 g/mol. The molecular weight excluding hydrogens is 160 g/mol. The van der Waals surface area contributed by atoms with E-state index in [9.17, 15) is 0 Å². The van der Waals surface area contributed by atoms with Gasteiger partial charge >= 0.3 is 0 Å². The van der Waals surface area contributed by atoms with E-state index in [0.29, 0.717) is 6.04 Å². The van der Waals surface area contributed by atoms with Crippen LogP contribution in [0.25, 0.3) is 0 Å². The number of likely N-dealkylation sites (N-methyl/N-ethyl adjacent to an activating group) is 1. The fourth-order valence-electron chi connectivity index (χ4n) is 1.45. The molecule has 0 heterocycles. The summed E-state index contributed by atoms with van der Waals surface area (Å²) in [5.74, 6) is 0. The standard InChI is InChI=1S/C11H26N2/c1-6-11(5)13(7-2)9-8-12-10(3)4/h10-12H,6-9H2,1-5H3. The Morgan fingerprint density at radius 2 is 1.77 bits per heavy atom. The van der Waals surface area contributed by atoms with Crippen LogP contribution in [-0.4, -0.2) is 36.6 Å². The van der Waals surface area contributed by atoms with Gasteiger partial charge in [-0.2, -0.15) is 0 Å². The summed E-state index contributed by atoms with van der Waals surface area (Å²) >= 11 is 0. The average Bonchev–Trinajstić information content (AvgIpc) is 2.11. The van der Waals surface area contributed by atoms with Crippen LogP contribution in [0.15, 0.2) is 0 Å². The summed E-state index contributed by atoms with van der Waals surface area (Å²) in [5, 5.41) is 3.45. The van der Waals surface area contributed by atoms with Gasteiger partial charge in [-0.25, -0.2) is 0 Å². The third kappa shape index (κ3) is 6.05. The Morgan fingerprint density at radius 1 is 1.15 bits per heavy atom. The number of hydrogen-bond acceptors (Lipinski definition) is 2. The number of nitrogens with one attached hydrogen (secondary N) is 1. The molecule has 0 radical (unpaired) electrons. The second-order valence-electron chi connectivity index (χ2n) is 3.99. The zero-order valence-corrected chi connectivity index (χ0v) is 9.93. The normalized spacial score (nSPS) is 14.1. The fraction of sp³-hybridized carbons (Fsp3) is 1.00. The van der Waals surface area contributed by atoms with Crippen molar-refractivity contribution in [1.29, 1.82) is 0 Å². The maximum Gasteiger partial charge on any atom is 0.0110 e. The van der Waals surface area contributed by atoms with E-state index in [4.69, 9.17) is 0 Å². The third-order valence-electron chi connectivity index (χ3n) is 2.57. The highest BCUT2D eigenvalue weighted by Gasteiger charge is 2.08. The molecular formula is C11H26N2. The molecule has 0 saturated carbocycles. The minimum absolute atomic E-state index is 0.607. The molecule has 0 aliphatic carbocycles. The van der Waals surface area contributed by atoms with E-state index in [1.54, 1.807) is 0 Å². The summed E-state index contributed by atoms with van der Waals surface area (Å²) in [6.07, 6.45) is 1.25. The molecule has 0 fully saturated rings. The summed E-state index contributed by atoms with van der Waals surface area (Å²) in [7, 11) is 0. The van der Waals surface area contributed by atoms with Gasteiger partial charge in [0.05, 0.1) is 0 Å². The monoisotopic (exact) mass is 186 g/mol. The van der Waals surface area contributed by atoms with Crippen LogP contribution in [-0.2, 0) is 0 Å². The highest BCUT2D eigenvalue weighted by atomic mass is 15.2. The molecule has 0 aliphatic heterocycles. The maximum atomic E-state index is 3.45. The molecule has 0 aromatic heterocycles. The van der Waals surface area contributed by atoms with Gasteiger partial charge in [-0.3, -0.25) is 4.90 Å². The second-order valence-corrected chi connectivity index (χ2v) is 3.99. The summed E-state index contributed by atoms with van der Waals surface area (Å²) in [6.45, 7) is 14.6. The molecule has 2 nitrogen and oxygen atoms in total. The lowest BCUT2D eigenvalue weighted by atomic mass is 10.2. The van der Waals surface area contributed by atoms with Crippen molar-refractivity contribution in [2.75, 3.05) is 19.6 Å². The van der Waals surface area contributed by atoms with Crippen LogP contribution >= 0.6 is 0 Å². The first-order chi connectivity index (χ1) is 6.11. The van der Waals surface area contributed by atoms with Gasteiger partial charge in [0.15, 0.2) is 0 Å². The molecule has 1 N–H and O–H groups in total. The van der Waals surface area contributed by atoms with Crippen LogP contribution < -0.4 is 5.32 Å². The first kappa shape index (κ1) is 12.9. The lowest BCUT2D eigenvalue weighted by Crippen LogP contribution is -2.39. The predicted molar refractivity (Wildman–Crippen MR) is 60.1 cm³/mol. The van der Waals surface area contributed by atoms with Crippen molar-refractivity contribution < 1.29 is 0 Å². The molecule has 0 saturated heterocycles. The van der Waals surface area contributed by atoms with Gasteiger partial charge < -0.3 is 5.32 Å². The second kappa shape index (κ2) is 7.34. The van der Waals surface area contributed by atoms with E-state index < -0.39 is 0 Å². The molecule has 0 aliphatic rings. The van der Waals surface area contributed by atoms with Crippen molar-refractivity contribution in [3.63, 3.8) is 0 Å². The molecule has 0 aromatic rings. The van der Waals surface area contributed by atoms with E-state index in [0.717, 1.165) is 19.1 Å². The Morgan fingerprint density at radius 3 is 2.15 bits per heavy atom. The fourth-order valence-corrected chi connectivity index (χ4v) is 1.45. The lowest BCUT2D eigenvalue weighted by molar-refractivity contribution is 0.213. The van der Waals surface area contributed by atoms with Gasteiger partial charge in [-0.15, -0.1) is 0 Å². The molecule has 2 heteroatoms. The summed E-state index contributed by atoms with van der Waals surface area (Å²) in [4.78, 5) is 2.52. The van der Waals surface area contributed by atoms with Crippen molar-refractivity contribution in [3.8, 4) is 0 Å². The van der Waals surface area contributed by atoms with Gasteiger partial charge in [0, 0.05) is 25.2 Å². The molecule has 0 amide bonds. The maximum absolute atomic E-state index is 3.45. The number of hydrogen-bond donors (Lipinski definition) is 1. The van der Waals surface area contributed by atoms with Gasteiger partial charge in [-0.05, 0) is 19.9 Å². The Hall–Kier alpha value is -0.0800. The topological polar surface area (TPSA) is 15.3 Å². The molecule has 0 aromatic carbocycles. The molecule has 80 valence electrons. The SMILES string of the molecule is CCC(C)N(CC)CCNC(C)C. The minimum Gasteiger partial charge on any atom is -0.313 e. The van der Waals surface area contributed by atoms with Crippen LogP contribution in [0, 0.1) is 0 Å². The predicted octanol–water partition coefficient (Wildman–Crippen LogP) is 2.10. The van der Waals surface area contributed by atoms with E-state index >= 15 is 0 Å². The quantitative estimate of drug-likeness (QED) is 0.655. The van der Waals surface area contributed by atoms with E-state index in [-0.39, 0.29) is 0 Å². The molecule has 1 unspecified atom stereocenters. The van der Waals surface area contributed by atoms with Gasteiger partial charge in [0.25, 0.3) is 0 Å². The summed E-state index contributed by atoms with van der Waals surface area (Å²) in [5.41, 5.74) is 0. The molecule has 1 atom stereocenters. The van der Waals surface area contributed by atoms with Crippen LogP contribution in [0.4, 0.5) is 0 Å². The Labute approximate surface area is 83.7 Å². The highest BCUT2D eigenvalue weighted by molar-refractivity contribution is 4.66. The van der Waals surface area contributed by atoms with Crippen LogP contribution in [0.2, 0.25) is 0 Å². The zero-order chi connectivity index (χ0) is 10.3. The van der Waals surface area contributed by atoms with Crippen molar-refractivity contribution in [2.24, 2.45) is 0 Å². The van der Waals surface area contributed by atoms with E-state index in [2.05, 4.69) is 44.8 Å². The first-order valence-electron chi connectivity index (χ1n) is 5.59. The third-order valence-corrected chi connectivity index (χ3v) is 2.57. The molecule has 13 heavy (non-hydrogen) atoms.